The number of nitrogens with zero attached hydrogens (tertiary/aromatic N) is 7. The van der Waals surface area contributed by atoms with Crippen LogP contribution in [0.1, 0.15) is 40.8 Å². The fraction of sp³-hybridized carbons (Fsp3) is 0.279. The molecule has 2 N–H and O–H groups in total. The lowest BCUT2D eigenvalue weighted by Gasteiger charge is -2.49. The van der Waals surface area contributed by atoms with Crippen LogP contribution in [0.2, 0.25) is 10.0 Å². The zero-order valence-corrected chi connectivity index (χ0v) is 35.4. The number of carbonyl (C=O) groups excluding carboxylic acids is 2. The molecule has 5 heterocycles. The van der Waals surface area contributed by atoms with E-state index in [1.807, 2.05) is 0 Å². The summed E-state index contributed by atoms with van der Waals surface area (Å²) in [5.74, 6) is -3.88. The van der Waals surface area contributed by atoms with Gasteiger partial charge >= 0.3 is 17.6 Å². The van der Waals surface area contributed by atoms with Gasteiger partial charge < -0.3 is 19.1 Å². The number of halogens is 5. The number of rotatable bonds is 9. The molecule has 2 aliphatic heterocycles. The summed E-state index contributed by atoms with van der Waals surface area (Å²) in [7, 11) is 4.48. The Morgan fingerprint density at radius 3 is 2.34 bits per heavy atom. The molecular formula is C43H35Cl2F3N8O8. The number of fused-ring (bicyclic) bond motifs is 5. The van der Waals surface area contributed by atoms with Gasteiger partial charge in [0.25, 0.3) is 17.4 Å². The molecule has 2 fully saturated rings. The molecule has 1 aliphatic carbocycles. The topological polar surface area (TPSA) is 185 Å². The third-order valence-electron chi connectivity index (χ3n) is 12.3. The molecule has 3 aromatic heterocycles. The SMILES string of the molecule is COc1cc2nc(CCn3c(=O)n4n(c3=O)[C@@H]3C[C@H]5C(=O)N(Nc6ncc(C(F)(F)F)cc6Cl)C(=O)[C@@]5(c5ccc(Cl)cc5)[C@@H](c5cccc(O)c5)C3=CC4)c(=O)n(C)c2cc1OC. The number of amides is 2. The van der Waals surface area contributed by atoms with Crippen LogP contribution in [-0.2, 0) is 47.7 Å². The third kappa shape index (κ3) is 6.46. The van der Waals surface area contributed by atoms with Crippen molar-refractivity contribution >= 4 is 51.9 Å². The van der Waals surface area contributed by atoms with Crippen molar-refractivity contribution in [3.05, 3.63) is 148 Å². The van der Waals surface area contributed by atoms with Crippen molar-refractivity contribution in [3.8, 4) is 17.2 Å². The van der Waals surface area contributed by atoms with Gasteiger partial charge in [-0.15, -0.1) is 0 Å². The monoisotopic (exact) mass is 918 g/mol. The minimum atomic E-state index is -4.79. The van der Waals surface area contributed by atoms with E-state index < -0.39 is 74.6 Å². The van der Waals surface area contributed by atoms with Crippen LogP contribution in [-0.4, -0.2) is 64.6 Å². The van der Waals surface area contributed by atoms with Crippen LogP contribution in [0.25, 0.3) is 11.0 Å². The van der Waals surface area contributed by atoms with Crippen LogP contribution in [0.3, 0.4) is 0 Å². The van der Waals surface area contributed by atoms with E-state index in [9.17, 15) is 37.5 Å². The number of hydrazine groups is 1. The molecule has 0 spiro atoms. The second-order valence-electron chi connectivity index (χ2n) is 15.6. The van der Waals surface area contributed by atoms with Gasteiger partial charge in [0.15, 0.2) is 17.3 Å². The Hall–Kier alpha value is -6.86. The molecule has 2 amide bonds. The number of allylic oxidation sites excluding steroid dienone is 2. The fourth-order valence-electron chi connectivity index (χ4n) is 9.45. The van der Waals surface area contributed by atoms with Crippen LogP contribution in [0.4, 0.5) is 19.0 Å². The first kappa shape index (κ1) is 42.4. The van der Waals surface area contributed by atoms with Crippen LogP contribution in [0, 0.1) is 5.92 Å². The summed E-state index contributed by atoms with van der Waals surface area (Å²) in [5, 5.41) is 11.3. The van der Waals surface area contributed by atoms with E-state index >= 15 is 4.79 Å². The van der Waals surface area contributed by atoms with Crippen molar-refractivity contribution in [2.75, 3.05) is 19.6 Å². The van der Waals surface area contributed by atoms with Crippen LogP contribution >= 0.6 is 23.2 Å². The summed E-state index contributed by atoms with van der Waals surface area (Å²) in [5.41, 5.74) is -0.215. The summed E-state index contributed by atoms with van der Waals surface area (Å²) in [6, 6.07) is 15.1. The van der Waals surface area contributed by atoms with Crippen molar-refractivity contribution in [3.63, 3.8) is 0 Å². The van der Waals surface area contributed by atoms with E-state index in [2.05, 4.69) is 15.4 Å². The van der Waals surface area contributed by atoms with E-state index in [4.69, 9.17) is 32.7 Å². The first-order chi connectivity index (χ1) is 30.5. The molecule has 0 bridgehead atoms. The second kappa shape index (κ2) is 15.4. The number of pyridine rings is 1. The predicted molar refractivity (Wildman–Crippen MR) is 226 cm³/mol. The number of aryl methyl sites for hydroxylation is 2. The lowest BCUT2D eigenvalue weighted by molar-refractivity contribution is -0.139. The molecule has 16 nitrogen and oxygen atoms in total. The van der Waals surface area contributed by atoms with Gasteiger partial charge in [-0.2, -0.15) is 18.2 Å². The van der Waals surface area contributed by atoms with Crippen molar-refractivity contribution in [2.45, 2.75) is 49.5 Å². The van der Waals surface area contributed by atoms with Gasteiger partial charge in [0, 0.05) is 49.3 Å². The normalized spacial score (nSPS) is 20.5. The van der Waals surface area contributed by atoms with Crippen molar-refractivity contribution in [1.29, 1.82) is 0 Å². The Balaban J connectivity index is 1.16. The highest BCUT2D eigenvalue weighted by Crippen LogP contribution is 2.62. The maximum Gasteiger partial charge on any atom is 0.417 e. The summed E-state index contributed by atoms with van der Waals surface area (Å²) in [6.07, 6.45) is -2.91. The number of methoxy groups -OCH3 is 2. The smallest absolute Gasteiger partial charge is 0.417 e. The predicted octanol–water partition coefficient (Wildman–Crippen LogP) is 5.36. The molecule has 1 saturated carbocycles. The average molecular weight is 920 g/mol. The van der Waals surface area contributed by atoms with E-state index in [1.165, 1.54) is 40.3 Å². The molecule has 0 radical (unpaired) electrons. The molecule has 3 aliphatic rings. The summed E-state index contributed by atoms with van der Waals surface area (Å²) in [6.45, 7) is -0.395. The molecule has 9 rings (SSSR count). The van der Waals surface area contributed by atoms with Crippen LogP contribution in [0.15, 0.2) is 99.0 Å². The van der Waals surface area contributed by atoms with E-state index in [0.717, 1.165) is 4.57 Å². The van der Waals surface area contributed by atoms with Gasteiger partial charge in [-0.05, 0) is 53.5 Å². The number of hydrogen-bond acceptors (Lipinski definition) is 11. The van der Waals surface area contributed by atoms with Gasteiger partial charge in [0.2, 0.25) is 0 Å². The van der Waals surface area contributed by atoms with E-state index in [0.29, 0.717) is 61.5 Å². The van der Waals surface area contributed by atoms with Crippen molar-refractivity contribution < 1.29 is 37.3 Å². The Bertz CT molecular complexity index is 3160. The largest absolute Gasteiger partial charge is 0.508 e. The highest BCUT2D eigenvalue weighted by molar-refractivity contribution is 6.33. The highest BCUT2D eigenvalue weighted by Gasteiger charge is 2.69. The molecule has 1 saturated heterocycles. The molecule has 64 heavy (non-hydrogen) atoms. The zero-order valence-electron chi connectivity index (χ0n) is 33.9. The number of carbonyl (C=O) groups is 2. The van der Waals surface area contributed by atoms with Crippen LogP contribution < -0.4 is 31.8 Å². The molecule has 21 heteroatoms. The van der Waals surface area contributed by atoms with Crippen molar-refractivity contribution in [1.82, 2.24) is 33.5 Å². The quantitative estimate of drug-likeness (QED) is 0.141. The number of benzene rings is 3. The second-order valence-corrected chi connectivity index (χ2v) is 16.4. The number of hydrogen-bond donors (Lipinski definition) is 2. The number of nitrogens with one attached hydrogen (secondary N) is 1. The lowest BCUT2D eigenvalue weighted by atomic mass is 9.53. The fourth-order valence-corrected chi connectivity index (χ4v) is 9.79. The minimum absolute atomic E-state index is 0.0705. The number of ether oxygens (including phenoxy) is 2. The Labute approximate surface area is 369 Å². The number of aromatic hydroxyl groups is 1. The summed E-state index contributed by atoms with van der Waals surface area (Å²) < 4.78 is 56.2. The Kier molecular flexibility index (Phi) is 10.2. The number of aromatic nitrogens is 6. The third-order valence-corrected chi connectivity index (χ3v) is 12.9. The van der Waals surface area contributed by atoms with Gasteiger partial charge in [-0.3, -0.25) is 19.8 Å². The maximum absolute atomic E-state index is 15.3. The lowest BCUT2D eigenvalue weighted by Crippen LogP contribution is -2.53. The highest BCUT2D eigenvalue weighted by atomic mass is 35.5. The molecule has 6 aromatic rings. The zero-order chi connectivity index (χ0) is 45.6. The average Bonchev–Trinajstić information content (AvgIpc) is 3.64. The number of imide groups is 1. The molecular weight excluding hydrogens is 884 g/mol. The molecule has 3 aromatic carbocycles. The first-order valence-electron chi connectivity index (χ1n) is 19.7. The minimum Gasteiger partial charge on any atom is -0.508 e. The van der Waals surface area contributed by atoms with E-state index in [-0.39, 0.29) is 37.4 Å². The van der Waals surface area contributed by atoms with E-state index in [1.54, 1.807) is 61.7 Å². The van der Waals surface area contributed by atoms with Gasteiger partial charge in [0.05, 0.1) is 59.8 Å². The molecule has 330 valence electrons. The van der Waals surface area contributed by atoms with Crippen molar-refractivity contribution in [2.24, 2.45) is 13.0 Å². The maximum atomic E-state index is 15.3. The summed E-state index contributed by atoms with van der Waals surface area (Å²) >= 11 is 12.6. The Morgan fingerprint density at radius 2 is 1.67 bits per heavy atom. The molecule has 0 unspecified atom stereocenters. The number of anilines is 1. The molecule has 4 atom stereocenters. The van der Waals surface area contributed by atoms with Crippen LogP contribution in [0.5, 0.6) is 17.2 Å². The Morgan fingerprint density at radius 1 is 0.953 bits per heavy atom. The number of phenols is 1. The van der Waals surface area contributed by atoms with Gasteiger partial charge in [0.1, 0.15) is 11.4 Å². The number of phenolic OH excluding ortho intramolecular Hbond substituents is 1. The van der Waals surface area contributed by atoms with Gasteiger partial charge in [-0.1, -0.05) is 53.5 Å². The van der Waals surface area contributed by atoms with Gasteiger partial charge in [-0.25, -0.2) is 33.5 Å². The summed E-state index contributed by atoms with van der Waals surface area (Å²) in [4.78, 5) is 80.9. The standard InChI is InChI=1S/C43H35Cl2F3N8O8/c1-52-32-19-34(64-3)33(63-2)18-30(32)50-29(38(52)59)12-13-53-40(61)54-14-11-26-31(56(54)41(53)62)17-27-37(58)55(51-36-28(45)16-23(20-49-36)43(46,47)48)39(60)42(27,22-7-9-24(44)10-8-22)35(26)21-5-4-6-25(57)15-21/h4-11,15-16,18-20,27,31,35,57H,12-14,17H2,1-3H3,(H,49,51)/t27-,31+,35-,42+/m0/s1. The first-order valence-corrected chi connectivity index (χ1v) is 20.4. The number of alkyl halides is 3.